The molecule has 11 heteroatoms. The van der Waals surface area contributed by atoms with Gasteiger partial charge in [0.05, 0.1) is 0 Å². The highest BCUT2D eigenvalue weighted by molar-refractivity contribution is 6.31. The zero-order valence-electron chi connectivity index (χ0n) is 25.6. The quantitative estimate of drug-likeness (QED) is 0.211. The van der Waals surface area contributed by atoms with Crippen LogP contribution in [0.1, 0.15) is 50.6 Å². The van der Waals surface area contributed by atoms with Gasteiger partial charge in [0, 0.05) is 29.2 Å². The Kier molecular flexibility index (Phi) is 8.62. The van der Waals surface area contributed by atoms with E-state index in [1.807, 2.05) is 42.5 Å². The molecule has 0 radical (unpaired) electrons. The Morgan fingerprint density at radius 2 is 1.56 bits per heavy atom. The van der Waals surface area contributed by atoms with Crippen molar-refractivity contribution < 1.29 is 33.5 Å². The number of amides is 2. The van der Waals surface area contributed by atoms with Gasteiger partial charge < -0.3 is 24.0 Å². The molecule has 0 bridgehead atoms. The summed E-state index contributed by atoms with van der Waals surface area (Å²) in [6, 6.07) is 21.9. The number of aromatic nitrogens is 1. The third kappa shape index (κ3) is 6.66. The van der Waals surface area contributed by atoms with Gasteiger partial charge in [-0.2, -0.15) is 0 Å². The Bertz CT molecular complexity index is 1720. The van der Waals surface area contributed by atoms with Gasteiger partial charge in [-0.25, -0.2) is 9.59 Å². The van der Waals surface area contributed by atoms with Crippen LogP contribution in [0.4, 0.5) is 15.3 Å². The molecule has 1 fully saturated rings. The Balaban J connectivity index is 1.27. The average molecular weight is 632 g/mol. The van der Waals surface area contributed by atoms with E-state index in [2.05, 4.69) is 10.5 Å². The van der Waals surface area contributed by atoms with E-state index in [9.17, 15) is 19.5 Å². The maximum atomic E-state index is 12.7. The fourth-order valence-corrected chi connectivity index (χ4v) is 5.46. The molecule has 2 N–H and O–H groups in total. The Morgan fingerprint density at radius 1 is 0.978 bits per heavy atom. The van der Waals surface area contributed by atoms with Crippen LogP contribution in [0.25, 0.3) is 22.5 Å². The fraction of sp³-hybridized carbons (Fsp3) is 0.294. The van der Waals surface area contributed by atoms with Crippen LogP contribution < -0.4 is 5.32 Å². The molecule has 0 aliphatic carbocycles. The molecule has 0 saturated carbocycles. The van der Waals surface area contributed by atoms with Crippen LogP contribution in [0.5, 0.6) is 0 Å². The molecule has 1 atom stereocenters. The molecular formula is C34H34ClN3O7. The number of halogens is 1. The van der Waals surface area contributed by atoms with Gasteiger partial charge in [-0.05, 0) is 57.4 Å². The number of benzene rings is 3. The second-order valence-electron chi connectivity index (χ2n) is 12.0. The summed E-state index contributed by atoms with van der Waals surface area (Å²) in [5.41, 5.74) is 2.76. The lowest BCUT2D eigenvalue weighted by atomic mass is 9.73. The van der Waals surface area contributed by atoms with Gasteiger partial charge in [-0.3, -0.25) is 10.1 Å². The lowest BCUT2D eigenvalue weighted by Gasteiger charge is -2.47. The number of aliphatic carboxylic acids is 1. The number of nitrogens with one attached hydrogen (secondary N) is 1. The second-order valence-corrected chi connectivity index (χ2v) is 12.5. The Morgan fingerprint density at radius 3 is 2.13 bits per heavy atom. The van der Waals surface area contributed by atoms with Crippen molar-refractivity contribution >= 4 is 35.4 Å². The number of carboxylic acid groups (broad SMARTS) is 1. The molecule has 5 rings (SSSR count). The van der Waals surface area contributed by atoms with Gasteiger partial charge in [0.2, 0.25) is 0 Å². The van der Waals surface area contributed by atoms with Gasteiger partial charge in [-0.15, -0.1) is 0 Å². The molecule has 45 heavy (non-hydrogen) atoms. The number of aryl methyl sites for hydroxylation is 1. The maximum Gasteiger partial charge on any atom is 0.412 e. The van der Waals surface area contributed by atoms with Gasteiger partial charge in [0.25, 0.3) is 0 Å². The summed E-state index contributed by atoms with van der Waals surface area (Å²) in [5.74, 6) is -0.618. The van der Waals surface area contributed by atoms with Crippen molar-refractivity contribution in [2.24, 2.45) is 0 Å². The summed E-state index contributed by atoms with van der Waals surface area (Å²) in [5, 5.41) is 17.3. The lowest BCUT2D eigenvalue weighted by Crippen LogP contribution is -2.65. The zero-order chi connectivity index (χ0) is 32.5. The second kappa shape index (κ2) is 12.3. The minimum absolute atomic E-state index is 0.0325. The van der Waals surface area contributed by atoms with Crippen molar-refractivity contribution in [1.82, 2.24) is 10.1 Å². The first-order valence-corrected chi connectivity index (χ1v) is 14.8. The molecule has 2 heterocycles. The monoisotopic (exact) mass is 631 g/mol. The van der Waals surface area contributed by atoms with Crippen LogP contribution in [0.15, 0.2) is 77.3 Å². The predicted octanol–water partition coefficient (Wildman–Crippen LogP) is 7.85. The van der Waals surface area contributed by atoms with Gasteiger partial charge in [0.1, 0.15) is 28.5 Å². The van der Waals surface area contributed by atoms with Crippen molar-refractivity contribution in [2.75, 3.05) is 18.4 Å². The zero-order valence-corrected chi connectivity index (χ0v) is 26.3. The number of ether oxygens (including phenoxy) is 2. The van der Waals surface area contributed by atoms with Crippen LogP contribution >= 0.6 is 11.6 Å². The van der Waals surface area contributed by atoms with E-state index < -0.39 is 35.3 Å². The Labute approximate surface area is 265 Å². The van der Waals surface area contributed by atoms with Crippen LogP contribution in [-0.2, 0) is 19.7 Å². The van der Waals surface area contributed by atoms with E-state index in [0.717, 1.165) is 11.1 Å². The molecular weight excluding hydrogens is 598 g/mol. The summed E-state index contributed by atoms with van der Waals surface area (Å²) in [4.78, 5) is 38.8. The van der Waals surface area contributed by atoms with E-state index >= 15 is 0 Å². The topological polar surface area (TPSA) is 131 Å². The van der Waals surface area contributed by atoms with Crippen molar-refractivity contribution in [3.05, 3.63) is 94.6 Å². The van der Waals surface area contributed by atoms with Crippen molar-refractivity contribution in [3.8, 4) is 22.5 Å². The number of hydrogen-bond donors (Lipinski definition) is 2. The molecule has 1 aromatic heterocycles. The number of carbonyl (C=O) groups is 3. The first-order chi connectivity index (χ1) is 21.3. The molecule has 234 valence electrons. The lowest BCUT2D eigenvalue weighted by molar-refractivity contribution is -0.150. The van der Waals surface area contributed by atoms with Gasteiger partial charge in [0.15, 0.2) is 5.76 Å². The molecule has 4 aromatic rings. The largest absolute Gasteiger partial charge is 0.480 e. The standard InChI is InChI=1S/C34H34ClN3O7/c1-20-28(36-31(41)43-21(2)26-8-6-7-9-27(26)35)29(45-37-20)24-12-10-22(11-13-24)23-14-16-25(17-15-23)34(30(39)40)18-38(19-34)32(42)44-33(3,4)5/h6-17,21H,18-19H2,1-5H3,(H,36,41)(H,39,40)/t21-/m1/s1. The number of hydrogen-bond acceptors (Lipinski definition) is 7. The number of nitrogens with zero attached hydrogens (tertiary/aromatic N) is 2. The van der Waals surface area contributed by atoms with E-state index in [-0.39, 0.29) is 13.1 Å². The molecule has 0 spiro atoms. The summed E-state index contributed by atoms with van der Waals surface area (Å²) >= 11 is 6.24. The van der Waals surface area contributed by atoms with Crippen LogP contribution in [0.3, 0.4) is 0 Å². The van der Waals surface area contributed by atoms with Crippen molar-refractivity contribution in [2.45, 2.75) is 51.7 Å². The Hall–Kier alpha value is -4.83. The van der Waals surface area contributed by atoms with Crippen molar-refractivity contribution in [1.29, 1.82) is 0 Å². The minimum atomic E-state index is -1.20. The molecule has 0 unspecified atom stereocenters. The van der Waals surface area contributed by atoms with Crippen molar-refractivity contribution in [3.63, 3.8) is 0 Å². The highest BCUT2D eigenvalue weighted by Gasteiger charge is 2.53. The molecule has 3 aromatic carbocycles. The first kappa shape index (κ1) is 31.6. The normalized spacial score (nSPS) is 14.7. The summed E-state index contributed by atoms with van der Waals surface area (Å²) in [6.07, 6.45) is -1.78. The fourth-order valence-electron chi connectivity index (χ4n) is 5.17. The van der Waals surface area contributed by atoms with E-state index in [1.54, 1.807) is 65.0 Å². The summed E-state index contributed by atoms with van der Waals surface area (Å²) in [7, 11) is 0. The third-order valence-corrected chi connectivity index (χ3v) is 7.96. The average Bonchev–Trinajstić information content (AvgIpc) is 3.31. The van der Waals surface area contributed by atoms with Crippen LogP contribution in [0.2, 0.25) is 5.02 Å². The maximum absolute atomic E-state index is 12.7. The van der Waals surface area contributed by atoms with E-state index in [0.29, 0.717) is 38.9 Å². The van der Waals surface area contributed by atoms with Crippen LogP contribution in [0, 0.1) is 6.92 Å². The third-order valence-electron chi connectivity index (χ3n) is 7.62. The summed E-state index contributed by atoms with van der Waals surface area (Å²) in [6.45, 7) is 8.82. The van der Waals surface area contributed by atoms with Gasteiger partial charge >= 0.3 is 18.2 Å². The number of carboxylic acids is 1. The van der Waals surface area contributed by atoms with E-state index in [1.165, 1.54) is 4.90 Å². The van der Waals surface area contributed by atoms with Gasteiger partial charge in [-0.1, -0.05) is 83.5 Å². The molecule has 1 aliphatic rings. The first-order valence-electron chi connectivity index (χ1n) is 14.4. The minimum Gasteiger partial charge on any atom is -0.480 e. The number of carbonyl (C=O) groups excluding carboxylic acids is 2. The van der Waals surface area contributed by atoms with Crippen LogP contribution in [-0.4, -0.2) is 52.0 Å². The number of likely N-dealkylation sites (tertiary alicyclic amines) is 1. The predicted molar refractivity (Wildman–Crippen MR) is 169 cm³/mol. The SMILES string of the molecule is Cc1noc(-c2ccc(-c3ccc(C4(C(=O)O)CN(C(=O)OC(C)(C)C)C4)cc3)cc2)c1NC(=O)O[C@H](C)c1ccccc1Cl. The number of rotatable bonds is 7. The number of anilines is 1. The summed E-state index contributed by atoms with van der Waals surface area (Å²) < 4.78 is 16.5. The van der Waals surface area contributed by atoms with E-state index in [4.69, 9.17) is 25.6 Å². The molecule has 2 amide bonds. The highest BCUT2D eigenvalue weighted by atomic mass is 35.5. The molecule has 1 saturated heterocycles. The smallest absolute Gasteiger partial charge is 0.412 e. The molecule has 1 aliphatic heterocycles. The molecule has 10 nitrogen and oxygen atoms in total. The highest BCUT2D eigenvalue weighted by Crippen LogP contribution is 2.38.